The first-order chi connectivity index (χ1) is 20.8. The molecule has 1 atom stereocenters. The fourth-order valence-corrected chi connectivity index (χ4v) is 5.86. The van der Waals surface area contributed by atoms with Gasteiger partial charge in [0.15, 0.2) is 16.3 Å². The molecule has 1 aliphatic heterocycles. The molecule has 0 bridgehead atoms. The van der Waals surface area contributed by atoms with E-state index in [1.807, 2.05) is 30.3 Å². The lowest BCUT2D eigenvalue weighted by molar-refractivity contribution is -0.385. The van der Waals surface area contributed by atoms with E-state index in [0.717, 1.165) is 11.3 Å². The number of hydrogen-bond donors (Lipinski definition) is 0. The van der Waals surface area contributed by atoms with Crippen molar-refractivity contribution in [3.05, 3.63) is 119 Å². The van der Waals surface area contributed by atoms with E-state index in [-0.39, 0.29) is 39.5 Å². The van der Waals surface area contributed by atoms with Crippen molar-refractivity contribution in [1.29, 1.82) is 0 Å². The van der Waals surface area contributed by atoms with Crippen LogP contribution in [0.4, 0.5) is 5.69 Å². The second-order valence-corrected chi connectivity index (χ2v) is 10.2. The maximum atomic E-state index is 14.1. The molecule has 11 nitrogen and oxygen atoms in total. The van der Waals surface area contributed by atoms with Crippen molar-refractivity contribution in [2.24, 2.45) is 4.99 Å². The molecular weight excluding hydrogens is 574 g/mol. The van der Waals surface area contributed by atoms with Crippen LogP contribution < -0.4 is 29.1 Å². The first-order valence-corrected chi connectivity index (χ1v) is 14.0. The molecule has 0 aliphatic carbocycles. The summed E-state index contributed by atoms with van der Waals surface area (Å²) in [4.78, 5) is 44.2. The summed E-state index contributed by atoms with van der Waals surface area (Å²) < 4.78 is 23.1. The number of thiazole rings is 1. The highest BCUT2D eigenvalue weighted by atomic mass is 32.1. The van der Waals surface area contributed by atoms with Gasteiger partial charge in [-0.1, -0.05) is 53.8 Å². The Balaban J connectivity index is 1.85. The molecule has 0 saturated heterocycles. The Morgan fingerprint density at radius 2 is 1.74 bits per heavy atom. The number of hydrogen-bond acceptors (Lipinski definition) is 10. The van der Waals surface area contributed by atoms with Gasteiger partial charge < -0.3 is 18.9 Å². The maximum Gasteiger partial charge on any atom is 0.338 e. The van der Waals surface area contributed by atoms with Crippen LogP contribution in [0.25, 0.3) is 11.8 Å². The fraction of sp³-hybridized carbons (Fsp3) is 0.194. The number of aromatic nitrogens is 1. The van der Waals surface area contributed by atoms with Crippen LogP contribution in [0.2, 0.25) is 0 Å². The van der Waals surface area contributed by atoms with Crippen molar-refractivity contribution in [2.75, 3.05) is 27.9 Å². The van der Waals surface area contributed by atoms with Crippen LogP contribution in [0.5, 0.6) is 17.2 Å². The highest BCUT2D eigenvalue weighted by molar-refractivity contribution is 7.07. The Kier molecular flexibility index (Phi) is 8.39. The number of nitrogens with zero attached hydrogens (tertiary/aromatic N) is 3. The number of ether oxygens (including phenoxy) is 4. The van der Waals surface area contributed by atoms with Gasteiger partial charge in [0.2, 0.25) is 0 Å². The third-order valence-corrected chi connectivity index (χ3v) is 7.78. The molecule has 1 aromatic heterocycles. The van der Waals surface area contributed by atoms with Gasteiger partial charge in [0.25, 0.3) is 11.2 Å². The van der Waals surface area contributed by atoms with Gasteiger partial charge in [-0.3, -0.25) is 19.5 Å². The van der Waals surface area contributed by atoms with E-state index >= 15 is 0 Å². The highest BCUT2D eigenvalue weighted by Gasteiger charge is 2.35. The summed E-state index contributed by atoms with van der Waals surface area (Å²) >= 11 is 1.05. The van der Waals surface area contributed by atoms with Crippen LogP contribution in [-0.4, -0.2) is 43.4 Å². The van der Waals surface area contributed by atoms with Gasteiger partial charge in [0, 0.05) is 5.56 Å². The SMILES string of the molecule is CCOC(=O)C1=C(c2ccccc2)N=c2sc(=Cc3cc(OC)c(OC)cc3[N+](=O)[O-])c(=O)n2C1c1cccc(OC)c1. The summed E-state index contributed by atoms with van der Waals surface area (Å²) in [6, 6.07) is 18.0. The largest absolute Gasteiger partial charge is 0.497 e. The van der Waals surface area contributed by atoms with Crippen molar-refractivity contribution in [1.82, 2.24) is 4.57 Å². The van der Waals surface area contributed by atoms with E-state index in [1.165, 1.54) is 44.1 Å². The number of carbonyl (C=O) groups excluding carboxylic acids is 1. The quantitative estimate of drug-likeness (QED) is 0.161. The van der Waals surface area contributed by atoms with Gasteiger partial charge in [0.05, 0.1) is 66.3 Å². The number of methoxy groups -OCH3 is 3. The smallest absolute Gasteiger partial charge is 0.338 e. The zero-order valence-electron chi connectivity index (χ0n) is 23.7. The average molecular weight is 602 g/mol. The number of nitro groups is 1. The molecule has 0 amide bonds. The van der Waals surface area contributed by atoms with Crippen molar-refractivity contribution < 1.29 is 28.7 Å². The number of rotatable bonds is 9. The van der Waals surface area contributed by atoms with E-state index in [9.17, 15) is 19.7 Å². The summed E-state index contributed by atoms with van der Waals surface area (Å²) in [6.07, 6.45) is 1.42. The highest BCUT2D eigenvalue weighted by Crippen LogP contribution is 2.37. The van der Waals surface area contributed by atoms with Gasteiger partial charge in [-0.15, -0.1) is 0 Å². The van der Waals surface area contributed by atoms with E-state index < -0.39 is 22.5 Å². The molecule has 3 aromatic carbocycles. The molecule has 5 rings (SSSR count). The van der Waals surface area contributed by atoms with Crippen molar-refractivity contribution in [2.45, 2.75) is 13.0 Å². The van der Waals surface area contributed by atoms with Gasteiger partial charge >= 0.3 is 5.97 Å². The Morgan fingerprint density at radius 1 is 1.02 bits per heavy atom. The second-order valence-electron chi connectivity index (χ2n) is 9.23. The van der Waals surface area contributed by atoms with Gasteiger partial charge in [0.1, 0.15) is 5.75 Å². The van der Waals surface area contributed by atoms with Crippen LogP contribution in [0, 0.1) is 10.1 Å². The molecular formula is C31H27N3O8S. The van der Waals surface area contributed by atoms with Crippen molar-refractivity contribution in [3.8, 4) is 17.2 Å². The lowest BCUT2D eigenvalue weighted by Gasteiger charge is -2.26. The number of esters is 1. The van der Waals surface area contributed by atoms with Crippen molar-refractivity contribution in [3.63, 3.8) is 0 Å². The lowest BCUT2D eigenvalue weighted by Crippen LogP contribution is -2.40. The predicted octanol–water partition coefficient (Wildman–Crippen LogP) is 3.87. The first-order valence-electron chi connectivity index (χ1n) is 13.1. The Morgan fingerprint density at radius 3 is 2.40 bits per heavy atom. The normalized spacial score (nSPS) is 14.5. The Hall–Kier alpha value is -5.23. The van der Waals surface area contributed by atoms with Gasteiger partial charge in [-0.05, 0) is 36.8 Å². The second kappa shape index (κ2) is 12.3. The fourth-order valence-electron chi connectivity index (χ4n) is 4.87. The number of carbonyl (C=O) groups is 1. The maximum absolute atomic E-state index is 14.1. The third kappa shape index (κ3) is 5.52. The third-order valence-electron chi connectivity index (χ3n) is 6.80. The van der Waals surface area contributed by atoms with Gasteiger partial charge in [-0.2, -0.15) is 0 Å². The molecule has 0 N–H and O–H groups in total. The number of fused-ring (bicyclic) bond motifs is 1. The molecule has 0 spiro atoms. The average Bonchev–Trinajstić information content (AvgIpc) is 3.34. The van der Waals surface area contributed by atoms with Crippen LogP contribution >= 0.6 is 11.3 Å². The summed E-state index contributed by atoms with van der Waals surface area (Å²) in [5.41, 5.74) is 1.16. The Labute approximate surface area is 249 Å². The van der Waals surface area contributed by atoms with Crippen LogP contribution in [0.15, 0.2) is 82.1 Å². The molecule has 0 saturated carbocycles. The molecule has 12 heteroatoms. The lowest BCUT2D eigenvalue weighted by atomic mass is 9.93. The molecule has 0 fully saturated rings. The van der Waals surface area contributed by atoms with Gasteiger partial charge in [-0.25, -0.2) is 9.79 Å². The first kappa shape index (κ1) is 29.3. The molecule has 43 heavy (non-hydrogen) atoms. The molecule has 0 radical (unpaired) electrons. The minimum Gasteiger partial charge on any atom is -0.497 e. The van der Waals surface area contributed by atoms with E-state index in [2.05, 4.69) is 0 Å². The van der Waals surface area contributed by atoms with Crippen molar-refractivity contribution >= 4 is 34.8 Å². The minimum absolute atomic E-state index is 0.114. The number of benzene rings is 3. The zero-order chi connectivity index (χ0) is 30.7. The topological polar surface area (TPSA) is 131 Å². The zero-order valence-corrected chi connectivity index (χ0v) is 24.5. The summed E-state index contributed by atoms with van der Waals surface area (Å²) in [5.74, 6) is 0.347. The van der Waals surface area contributed by atoms with E-state index in [1.54, 1.807) is 31.2 Å². The summed E-state index contributed by atoms with van der Waals surface area (Å²) in [7, 11) is 4.32. The molecule has 1 unspecified atom stereocenters. The summed E-state index contributed by atoms with van der Waals surface area (Å²) in [6.45, 7) is 1.81. The Bertz CT molecular complexity index is 1930. The molecule has 1 aliphatic rings. The molecule has 220 valence electrons. The van der Waals surface area contributed by atoms with Crippen LogP contribution in [0.3, 0.4) is 0 Å². The number of nitro benzene ring substituents is 1. The molecule has 2 heterocycles. The van der Waals surface area contributed by atoms with Crippen LogP contribution in [-0.2, 0) is 9.53 Å². The van der Waals surface area contributed by atoms with Crippen LogP contribution in [0.1, 0.15) is 29.7 Å². The standard InChI is InChI=1S/C31H27N3O8S/c1-5-42-30(36)26-27(18-10-7-6-8-11-18)32-31-33(28(26)19-12-9-13-21(14-19)39-2)29(35)25(43-31)16-20-15-23(40-3)24(41-4)17-22(20)34(37)38/h6-17,28H,5H2,1-4H3. The molecule has 4 aromatic rings. The minimum atomic E-state index is -0.928. The monoisotopic (exact) mass is 601 g/mol. The summed E-state index contributed by atoms with van der Waals surface area (Å²) in [5, 5.41) is 12.0. The van der Waals surface area contributed by atoms with E-state index in [4.69, 9.17) is 23.9 Å². The van der Waals surface area contributed by atoms with E-state index in [0.29, 0.717) is 27.4 Å². The predicted molar refractivity (Wildman–Crippen MR) is 160 cm³/mol.